The van der Waals surface area contributed by atoms with Gasteiger partial charge in [-0.15, -0.1) is 0 Å². The minimum absolute atomic E-state index is 0.220. The van der Waals surface area contributed by atoms with Gasteiger partial charge in [0.05, 0.1) is 0 Å². The molecule has 0 saturated heterocycles. The highest BCUT2D eigenvalue weighted by molar-refractivity contribution is 5.54. The van der Waals surface area contributed by atoms with E-state index in [1.165, 1.54) is 0 Å². The molecule has 1 heterocycles. The van der Waals surface area contributed by atoms with Gasteiger partial charge in [0.15, 0.2) is 11.5 Å². The average Bonchev–Trinajstić information content (AvgIpc) is 2.87. The van der Waals surface area contributed by atoms with Gasteiger partial charge < -0.3 is 14.6 Å². The van der Waals surface area contributed by atoms with E-state index in [4.69, 9.17) is 9.47 Å². The number of rotatable bonds is 3. The molecule has 0 saturated carbocycles. The van der Waals surface area contributed by atoms with Crippen LogP contribution in [0.3, 0.4) is 0 Å². The third-order valence-corrected chi connectivity index (χ3v) is 3.02. The number of benzene rings is 2. The molecule has 3 nitrogen and oxygen atoms in total. The van der Waals surface area contributed by atoms with Crippen LogP contribution in [0.2, 0.25) is 0 Å². The van der Waals surface area contributed by atoms with Crippen molar-refractivity contribution in [1.29, 1.82) is 0 Å². The Balaban J connectivity index is 1.75. The summed E-state index contributed by atoms with van der Waals surface area (Å²) in [5.41, 5.74) is 1.97. The van der Waals surface area contributed by atoms with Gasteiger partial charge in [0, 0.05) is 11.6 Å². The van der Waals surface area contributed by atoms with Gasteiger partial charge in [0.25, 0.3) is 0 Å². The Labute approximate surface area is 111 Å². The Morgan fingerprint density at radius 3 is 2.58 bits per heavy atom. The zero-order chi connectivity index (χ0) is 13.1. The molecule has 0 fully saturated rings. The smallest absolute Gasteiger partial charge is 0.231 e. The number of fused-ring (bicyclic) bond motifs is 1. The van der Waals surface area contributed by atoms with E-state index in [1.54, 1.807) is 6.07 Å². The second-order valence-corrected chi connectivity index (χ2v) is 4.35. The van der Waals surface area contributed by atoms with Crippen LogP contribution in [0.1, 0.15) is 11.1 Å². The molecule has 1 N–H and O–H groups in total. The normalized spacial score (nSPS) is 13.1. The van der Waals surface area contributed by atoms with Crippen molar-refractivity contribution in [3.8, 4) is 17.2 Å². The summed E-state index contributed by atoms with van der Waals surface area (Å²) in [4.78, 5) is 0. The topological polar surface area (TPSA) is 38.7 Å². The molecule has 0 bridgehead atoms. The lowest BCUT2D eigenvalue weighted by atomic mass is 10.1. The average molecular weight is 254 g/mol. The van der Waals surface area contributed by atoms with Gasteiger partial charge in [0.2, 0.25) is 6.79 Å². The number of hydrogen-bond acceptors (Lipinski definition) is 3. The van der Waals surface area contributed by atoms with Crippen molar-refractivity contribution < 1.29 is 14.6 Å². The highest BCUT2D eigenvalue weighted by atomic mass is 16.7. The van der Waals surface area contributed by atoms with E-state index >= 15 is 0 Å². The Morgan fingerprint density at radius 2 is 1.79 bits per heavy atom. The third-order valence-electron chi connectivity index (χ3n) is 3.02. The molecule has 0 atom stereocenters. The van der Waals surface area contributed by atoms with E-state index in [0.717, 1.165) is 11.1 Å². The van der Waals surface area contributed by atoms with Gasteiger partial charge in [-0.3, -0.25) is 0 Å². The largest absolute Gasteiger partial charge is 0.508 e. The van der Waals surface area contributed by atoms with E-state index < -0.39 is 0 Å². The number of aromatic hydroxyl groups is 1. The molecular formula is C16H14O3. The SMILES string of the molecule is Oc1cc2c(cc1CC=Cc1ccccc1)OCO2. The van der Waals surface area contributed by atoms with Crippen molar-refractivity contribution in [2.75, 3.05) is 6.79 Å². The van der Waals surface area contributed by atoms with Crippen LogP contribution in [-0.2, 0) is 6.42 Å². The fraction of sp³-hybridized carbons (Fsp3) is 0.125. The van der Waals surface area contributed by atoms with Crippen LogP contribution in [0.5, 0.6) is 17.2 Å². The van der Waals surface area contributed by atoms with Crippen LogP contribution in [0, 0.1) is 0 Å². The number of phenols is 1. The van der Waals surface area contributed by atoms with E-state index in [2.05, 4.69) is 0 Å². The van der Waals surface area contributed by atoms with Crippen LogP contribution in [0.25, 0.3) is 6.08 Å². The molecule has 0 spiro atoms. The molecule has 3 rings (SSSR count). The Hall–Kier alpha value is -2.42. The first-order valence-electron chi connectivity index (χ1n) is 6.16. The van der Waals surface area contributed by atoms with Gasteiger partial charge in [-0.2, -0.15) is 0 Å². The summed E-state index contributed by atoms with van der Waals surface area (Å²) in [6.45, 7) is 0.220. The van der Waals surface area contributed by atoms with Gasteiger partial charge in [-0.25, -0.2) is 0 Å². The molecule has 1 aliphatic rings. The van der Waals surface area contributed by atoms with Crippen molar-refractivity contribution in [1.82, 2.24) is 0 Å². The lowest BCUT2D eigenvalue weighted by Gasteiger charge is -2.03. The predicted molar refractivity (Wildman–Crippen MR) is 73.4 cm³/mol. The molecule has 0 radical (unpaired) electrons. The molecule has 2 aromatic carbocycles. The summed E-state index contributed by atoms with van der Waals surface area (Å²) in [6.07, 6.45) is 4.70. The molecule has 0 amide bonds. The zero-order valence-corrected chi connectivity index (χ0v) is 10.4. The summed E-state index contributed by atoms with van der Waals surface area (Å²) >= 11 is 0. The summed E-state index contributed by atoms with van der Waals surface area (Å²) in [5.74, 6) is 1.54. The zero-order valence-electron chi connectivity index (χ0n) is 10.4. The van der Waals surface area contributed by atoms with E-state index in [1.807, 2.05) is 48.6 Å². The molecule has 3 heteroatoms. The molecular weight excluding hydrogens is 240 g/mol. The Kier molecular flexibility index (Phi) is 3.11. The maximum atomic E-state index is 9.90. The molecule has 0 aromatic heterocycles. The summed E-state index contributed by atoms with van der Waals surface area (Å²) < 4.78 is 10.5. The highest BCUT2D eigenvalue weighted by Crippen LogP contribution is 2.37. The second-order valence-electron chi connectivity index (χ2n) is 4.35. The Bertz CT molecular complexity index is 603. The molecule has 1 aliphatic heterocycles. The van der Waals surface area contributed by atoms with Gasteiger partial charge in [-0.1, -0.05) is 42.5 Å². The van der Waals surface area contributed by atoms with Crippen molar-refractivity contribution in [2.45, 2.75) is 6.42 Å². The maximum Gasteiger partial charge on any atom is 0.231 e. The maximum absolute atomic E-state index is 9.90. The van der Waals surface area contributed by atoms with Gasteiger partial charge >= 0.3 is 0 Å². The predicted octanol–water partition coefficient (Wildman–Crippen LogP) is 3.38. The molecule has 0 unspecified atom stereocenters. The van der Waals surface area contributed by atoms with Crippen molar-refractivity contribution in [3.05, 3.63) is 59.7 Å². The highest BCUT2D eigenvalue weighted by Gasteiger charge is 2.16. The summed E-state index contributed by atoms with van der Waals surface area (Å²) in [7, 11) is 0. The van der Waals surface area contributed by atoms with Gasteiger partial charge in [-0.05, 0) is 18.1 Å². The quantitative estimate of drug-likeness (QED) is 0.912. The minimum Gasteiger partial charge on any atom is -0.508 e. The summed E-state index contributed by atoms with van der Waals surface area (Å²) in [6, 6.07) is 13.5. The molecule has 19 heavy (non-hydrogen) atoms. The molecule has 0 aliphatic carbocycles. The van der Waals surface area contributed by atoms with Gasteiger partial charge in [0.1, 0.15) is 5.75 Å². The van der Waals surface area contributed by atoms with E-state index in [9.17, 15) is 5.11 Å². The number of allylic oxidation sites excluding steroid dienone is 1. The van der Waals surface area contributed by atoms with Crippen molar-refractivity contribution in [2.24, 2.45) is 0 Å². The Morgan fingerprint density at radius 1 is 1.05 bits per heavy atom. The van der Waals surface area contributed by atoms with Crippen LogP contribution in [-0.4, -0.2) is 11.9 Å². The lowest BCUT2D eigenvalue weighted by Crippen LogP contribution is -1.92. The standard InChI is InChI=1S/C16H14O3/c17-14-10-16-15(18-11-19-16)9-13(14)8-4-7-12-5-2-1-3-6-12/h1-7,9-10,17H,8,11H2. The van der Waals surface area contributed by atoms with E-state index in [-0.39, 0.29) is 12.5 Å². The van der Waals surface area contributed by atoms with Crippen LogP contribution < -0.4 is 9.47 Å². The number of ether oxygens (including phenoxy) is 2. The number of phenolic OH excluding ortho intramolecular Hbond substituents is 1. The van der Waals surface area contributed by atoms with Crippen LogP contribution in [0.15, 0.2) is 48.5 Å². The van der Waals surface area contributed by atoms with E-state index in [0.29, 0.717) is 17.9 Å². The fourth-order valence-electron chi connectivity index (χ4n) is 2.02. The first kappa shape index (κ1) is 11.7. The lowest BCUT2D eigenvalue weighted by molar-refractivity contribution is 0.174. The minimum atomic E-state index is 0.220. The summed E-state index contributed by atoms with van der Waals surface area (Å²) in [5, 5.41) is 9.90. The third kappa shape index (κ3) is 2.55. The van der Waals surface area contributed by atoms with Crippen LogP contribution >= 0.6 is 0 Å². The van der Waals surface area contributed by atoms with Crippen molar-refractivity contribution >= 4 is 6.08 Å². The monoisotopic (exact) mass is 254 g/mol. The van der Waals surface area contributed by atoms with Crippen LogP contribution in [0.4, 0.5) is 0 Å². The molecule has 96 valence electrons. The fourth-order valence-corrected chi connectivity index (χ4v) is 2.02. The first-order valence-corrected chi connectivity index (χ1v) is 6.16. The molecule has 2 aromatic rings. The van der Waals surface area contributed by atoms with Crippen molar-refractivity contribution in [3.63, 3.8) is 0 Å². The number of hydrogen-bond donors (Lipinski definition) is 1. The first-order chi connectivity index (χ1) is 9.33. The second kappa shape index (κ2) is 5.06.